The highest BCUT2D eigenvalue weighted by Gasteiger charge is 2.47. The summed E-state index contributed by atoms with van der Waals surface area (Å²) < 4.78 is 58.7. The SMILES string of the molecule is O=P(Oc1ccccc1)(Oc1ccccc1)O[C@H]1[C@H](OCCOCc2ccccc2)C[C@H](OCc2ccccc2)C[C@H]1OCc1ccccc1. The van der Waals surface area contributed by atoms with Crippen molar-refractivity contribution in [2.75, 3.05) is 13.2 Å². The lowest BCUT2D eigenvalue weighted by atomic mass is 9.89. The molecular weight excluding hydrogens is 651 g/mol. The van der Waals surface area contributed by atoms with E-state index in [9.17, 15) is 4.57 Å². The predicted molar refractivity (Wildman–Crippen MR) is 192 cm³/mol. The van der Waals surface area contributed by atoms with Crippen LogP contribution in [0.5, 0.6) is 11.5 Å². The molecule has 8 nitrogen and oxygen atoms in total. The van der Waals surface area contributed by atoms with Crippen molar-refractivity contribution in [3.63, 3.8) is 0 Å². The van der Waals surface area contributed by atoms with Crippen LogP contribution in [0.1, 0.15) is 29.5 Å². The summed E-state index contributed by atoms with van der Waals surface area (Å²) in [7, 11) is -4.30. The highest BCUT2D eigenvalue weighted by atomic mass is 31.2. The fourth-order valence-corrected chi connectivity index (χ4v) is 7.19. The minimum absolute atomic E-state index is 0.226. The van der Waals surface area contributed by atoms with Gasteiger partial charge in [-0.1, -0.05) is 127 Å². The standard InChI is InChI=1S/C41H43O8P/c42-50(47-36-22-12-4-13-23-36,48-37-24-14-5-15-25-37)49-41-39(44-27-26-43-30-33-16-6-1-7-17-33)28-38(45-31-34-18-8-2-9-19-34)29-40(41)46-32-35-20-10-3-11-21-35/h1-25,38-41H,26-32H2/t38-,39+,40+,41-/m0/s1. The second-order valence-corrected chi connectivity index (χ2v) is 13.5. The summed E-state index contributed by atoms with van der Waals surface area (Å²) in [6.45, 7) is 1.83. The molecule has 0 bridgehead atoms. The molecule has 0 amide bonds. The van der Waals surface area contributed by atoms with Crippen LogP contribution in [0.2, 0.25) is 0 Å². The van der Waals surface area contributed by atoms with Gasteiger partial charge in [0.2, 0.25) is 0 Å². The predicted octanol–water partition coefficient (Wildman–Crippen LogP) is 9.20. The normalized spacial score (nSPS) is 19.1. The minimum Gasteiger partial charge on any atom is -0.395 e. The number of hydrogen-bond acceptors (Lipinski definition) is 8. The third-order valence-electron chi connectivity index (χ3n) is 8.20. The molecule has 260 valence electrons. The molecule has 1 fully saturated rings. The van der Waals surface area contributed by atoms with Crippen LogP contribution in [0.3, 0.4) is 0 Å². The third-order valence-corrected chi connectivity index (χ3v) is 9.57. The second kappa shape index (κ2) is 18.6. The zero-order valence-electron chi connectivity index (χ0n) is 27.9. The molecule has 0 aliphatic heterocycles. The lowest BCUT2D eigenvalue weighted by Crippen LogP contribution is -2.51. The molecule has 50 heavy (non-hydrogen) atoms. The van der Waals surface area contributed by atoms with Crippen LogP contribution in [0.25, 0.3) is 0 Å². The molecule has 5 aromatic carbocycles. The Kier molecular flexibility index (Phi) is 13.3. The average molecular weight is 695 g/mol. The van der Waals surface area contributed by atoms with E-state index in [0.29, 0.717) is 50.8 Å². The van der Waals surface area contributed by atoms with Crippen molar-refractivity contribution < 1.29 is 37.1 Å². The number of phosphoric ester groups is 1. The summed E-state index contributed by atoms with van der Waals surface area (Å²) in [5, 5.41) is 0. The van der Waals surface area contributed by atoms with E-state index < -0.39 is 26.1 Å². The smallest absolute Gasteiger partial charge is 0.395 e. The van der Waals surface area contributed by atoms with E-state index in [0.717, 1.165) is 16.7 Å². The van der Waals surface area contributed by atoms with Gasteiger partial charge in [-0.25, -0.2) is 4.57 Å². The molecule has 0 heterocycles. The molecule has 0 aromatic heterocycles. The minimum atomic E-state index is -4.30. The van der Waals surface area contributed by atoms with Gasteiger partial charge in [0.15, 0.2) is 0 Å². The van der Waals surface area contributed by atoms with E-state index >= 15 is 0 Å². The summed E-state index contributed by atoms with van der Waals surface area (Å²) in [4.78, 5) is 0. The van der Waals surface area contributed by atoms with E-state index in [1.165, 1.54) is 0 Å². The maximum atomic E-state index is 14.7. The maximum absolute atomic E-state index is 14.7. The first-order valence-corrected chi connectivity index (χ1v) is 18.4. The first-order valence-electron chi connectivity index (χ1n) is 16.9. The second-order valence-electron chi connectivity index (χ2n) is 12.0. The van der Waals surface area contributed by atoms with Gasteiger partial charge in [0.25, 0.3) is 0 Å². The Balaban J connectivity index is 1.25. The van der Waals surface area contributed by atoms with Gasteiger partial charge in [-0.15, -0.1) is 0 Å². The quantitative estimate of drug-likeness (QED) is 0.0664. The highest BCUT2D eigenvalue weighted by molar-refractivity contribution is 7.49. The first-order chi connectivity index (χ1) is 24.6. The van der Waals surface area contributed by atoms with E-state index in [1.807, 2.05) is 103 Å². The number of phosphoric acid groups is 1. The zero-order chi connectivity index (χ0) is 34.3. The number of hydrogen-bond donors (Lipinski definition) is 0. The maximum Gasteiger partial charge on any atom is 0.588 e. The molecule has 6 rings (SSSR count). The molecule has 0 saturated heterocycles. The number of ether oxygens (including phenoxy) is 4. The van der Waals surface area contributed by atoms with Gasteiger partial charge in [0.1, 0.15) is 17.6 Å². The largest absolute Gasteiger partial charge is 0.588 e. The van der Waals surface area contributed by atoms with Crippen LogP contribution in [0, 0.1) is 0 Å². The fourth-order valence-electron chi connectivity index (χ4n) is 5.74. The van der Waals surface area contributed by atoms with Gasteiger partial charge in [0, 0.05) is 12.8 Å². The van der Waals surface area contributed by atoms with Crippen LogP contribution in [0.15, 0.2) is 152 Å². The van der Waals surface area contributed by atoms with Gasteiger partial charge in [-0.2, -0.15) is 0 Å². The molecule has 0 unspecified atom stereocenters. The van der Waals surface area contributed by atoms with Crippen LogP contribution in [-0.2, 0) is 47.9 Å². The monoisotopic (exact) mass is 694 g/mol. The molecule has 0 radical (unpaired) electrons. The topological polar surface area (TPSA) is 81.7 Å². The van der Waals surface area contributed by atoms with Crippen LogP contribution >= 0.6 is 7.82 Å². The Morgan fingerprint density at radius 2 is 0.900 bits per heavy atom. The van der Waals surface area contributed by atoms with Gasteiger partial charge >= 0.3 is 7.82 Å². The van der Waals surface area contributed by atoms with Gasteiger partial charge in [-0.3, -0.25) is 4.52 Å². The van der Waals surface area contributed by atoms with E-state index in [-0.39, 0.29) is 12.7 Å². The van der Waals surface area contributed by atoms with Gasteiger partial charge < -0.3 is 28.0 Å². The van der Waals surface area contributed by atoms with Gasteiger partial charge in [-0.05, 0) is 41.0 Å². The average Bonchev–Trinajstić information content (AvgIpc) is 3.16. The van der Waals surface area contributed by atoms with Crippen molar-refractivity contribution in [2.24, 2.45) is 0 Å². The van der Waals surface area contributed by atoms with E-state index in [4.69, 9.17) is 32.5 Å². The highest BCUT2D eigenvalue weighted by Crippen LogP contribution is 2.52. The van der Waals surface area contributed by atoms with Crippen molar-refractivity contribution in [3.05, 3.63) is 168 Å². The lowest BCUT2D eigenvalue weighted by Gasteiger charge is -2.41. The zero-order valence-corrected chi connectivity index (χ0v) is 28.8. The summed E-state index contributed by atoms with van der Waals surface area (Å²) in [6.07, 6.45) is -1.27. The third kappa shape index (κ3) is 11.1. The Labute approximate surface area is 294 Å². The lowest BCUT2D eigenvalue weighted by molar-refractivity contribution is -0.170. The van der Waals surface area contributed by atoms with Crippen molar-refractivity contribution in [1.29, 1.82) is 0 Å². The molecule has 1 aliphatic carbocycles. The Morgan fingerprint density at radius 1 is 0.480 bits per heavy atom. The molecule has 0 N–H and O–H groups in total. The molecule has 9 heteroatoms. The Morgan fingerprint density at radius 3 is 1.40 bits per heavy atom. The fraction of sp³-hybridized carbons (Fsp3) is 0.268. The van der Waals surface area contributed by atoms with Crippen LogP contribution < -0.4 is 9.05 Å². The molecule has 0 spiro atoms. The summed E-state index contributed by atoms with van der Waals surface area (Å²) >= 11 is 0. The number of para-hydroxylation sites is 2. The molecule has 1 saturated carbocycles. The summed E-state index contributed by atoms with van der Waals surface area (Å²) in [5.74, 6) is 0.695. The van der Waals surface area contributed by atoms with Gasteiger partial charge in [0.05, 0.1) is 51.3 Å². The van der Waals surface area contributed by atoms with Crippen LogP contribution in [0.4, 0.5) is 0 Å². The summed E-state index contributed by atoms with van der Waals surface area (Å²) in [5.41, 5.74) is 3.14. The van der Waals surface area contributed by atoms with Crippen molar-refractivity contribution in [2.45, 2.75) is 57.1 Å². The molecular formula is C41H43O8P. The Bertz CT molecular complexity index is 1670. The van der Waals surface area contributed by atoms with Crippen LogP contribution in [-0.4, -0.2) is 37.6 Å². The van der Waals surface area contributed by atoms with Crippen molar-refractivity contribution >= 4 is 7.82 Å². The molecule has 1 aliphatic rings. The molecule has 5 aromatic rings. The molecule has 4 atom stereocenters. The summed E-state index contributed by atoms with van der Waals surface area (Å²) in [6, 6.07) is 47.7. The number of benzene rings is 5. The number of rotatable bonds is 18. The Hall–Kier alpha value is -4.27. The van der Waals surface area contributed by atoms with E-state index in [2.05, 4.69) is 0 Å². The van der Waals surface area contributed by atoms with Crippen molar-refractivity contribution in [3.8, 4) is 11.5 Å². The van der Waals surface area contributed by atoms with E-state index in [1.54, 1.807) is 48.5 Å². The first kappa shape index (κ1) is 35.6. The van der Waals surface area contributed by atoms with Crippen molar-refractivity contribution in [1.82, 2.24) is 0 Å².